The van der Waals surface area contributed by atoms with Crippen LogP contribution in [0.15, 0.2) is 42.5 Å². The van der Waals surface area contributed by atoms with Crippen LogP contribution in [0.3, 0.4) is 0 Å². The molecule has 1 N–H and O–H groups in total. The quantitative estimate of drug-likeness (QED) is 0.303. The van der Waals surface area contributed by atoms with Gasteiger partial charge < -0.3 is 15.1 Å². The summed E-state index contributed by atoms with van der Waals surface area (Å²) >= 11 is 0. The highest BCUT2D eigenvalue weighted by Gasteiger charge is 2.40. The third-order valence-electron chi connectivity index (χ3n) is 10.3. The fourth-order valence-electron chi connectivity index (χ4n) is 7.65. The number of alkyl halides is 6. The van der Waals surface area contributed by atoms with Gasteiger partial charge >= 0.3 is 12.4 Å². The van der Waals surface area contributed by atoms with Gasteiger partial charge in [0.2, 0.25) is 0 Å². The monoisotopic (exact) mass is 637 g/mol. The number of nitrogens with zero attached hydrogens (tertiary/aromatic N) is 2. The molecule has 3 aliphatic rings. The number of rotatable bonds is 8. The first kappa shape index (κ1) is 33.9. The van der Waals surface area contributed by atoms with Gasteiger partial charge in [-0.25, -0.2) is 0 Å². The molecule has 45 heavy (non-hydrogen) atoms. The predicted octanol–water partition coefficient (Wildman–Crippen LogP) is 7.56. The highest BCUT2D eigenvalue weighted by molar-refractivity contribution is 5.86. The maximum Gasteiger partial charge on any atom is 0.416 e. The van der Waals surface area contributed by atoms with Crippen LogP contribution in [0.1, 0.15) is 85.6 Å². The average molecular weight is 638 g/mol. The van der Waals surface area contributed by atoms with Crippen LogP contribution in [0.2, 0.25) is 0 Å². The van der Waals surface area contributed by atoms with Gasteiger partial charge in [0.15, 0.2) is 5.78 Å². The van der Waals surface area contributed by atoms with E-state index >= 15 is 0 Å². The second-order valence-corrected chi connectivity index (χ2v) is 13.4. The Morgan fingerprint density at radius 2 is 1.49 bits per heavy atom. The fourth-order valence-corrected chi connectivity index (χ4v) is 7.65. The summed E-state index contributed by atoms with van der Waals surface area (Å²) in [5.41, 5.74) is -1.15. The van der Waals surface area contributed by atoms with Crippen LogP contribution in [0.5, 0.6) is 0 Å². The van der Waals surface area contributed by atoms with Crippen LogP contribution >= 0.6 is 0 Å². The van der Waals surface area contributed by atoms with Crippen LogP contribution in [-0.4, -0.2) is 66.9 Å². The van der Waals surface area contributed by atoms with E-state index in [4.69, 9.17) is 0 Å². The molecule has 0 bridgehead atoms. The number of piperidine rings is 2. The van der Waals surface area contributed by atoms with E-state index in [9.17, 15) is 31.1 Å². The number of benzene rings is 2. The molecule has 3 saturated heterocycles. The summed E-state index contributed by atoms with van der Waals surface area (Å²) in [7, 11) is 0. The summed E-state index contributed by atoms with van der Waals surface area (Å²) in [6, 6.07) is 9.79. The normalized spacial score (nSPS) is 24.8. The van der Waals surface area contributed by atoms with Gasteiger partial charge in [-0.1, -0.05) is 36.2 Å². The number of nitrogens with one attached hydrogen (secondary N) is 1. The highest BCUT2D eigenvalue weighted by atomic mass is 19.4. The first-order valence-electron chi connectivity index (χ1n) is 16.4. The molecule has 2 atom stereocenters. The molecule has 0 radical (unpaired) electrons. The summed E-state index contributed by atoms with van der Waals surface area (Å²) < 4.78 is 80.9. The molecule has 2 aromatic rings. The number of aryl methyl sites for hydroxylation is 1. The van der Waals surface area contributed by atoms with Crippen LogP contribution in [0.4, 0.5) is 26.3 Å². The molecule has 248 valence electrons. The average Bonchev–Trinajstić information content (AvgIpc) is 3.24. The summed E-state index contributed by atoms with van der Waals surface area (Å²) in [5, 5.41) is 3.29. The Bertz CT molecular complexity index is 1250. The third kappa shape index (κ3) is 8.69. The lowest BCUT2D eigenvalue weighted by Gasteiger charge is -2.42. The molecule has 0 aromatic heterocycles. The molecular formula is C35H45F6N3O. The van der Waals surface area contributed by atoms with E-state index in [1.54, 1.807) is 0 Å². The van der Waals surface area contributed by atoms with Crippen molar-refractivity contribution in [2.24, 2.45) is 0 Å². The first-order valence-corrected chi connectivity index (χ1v) is 16.4. The second kappa shape index (κ2) is 14.1. The molecule has 2 aromatic carbocycles. The zero-order valence-electron chi connectivity index (χ0n) is 26.1. The van der Waals surface area contributed by atoms with Crippen molar-refractivity contribution in [2.45, 2.75) is 101 Å². The summed E-state index contributed by atoms with van der Waals surface area (Å²) in [6.45, 7) is 7.91. The zero-order chi connectivity index (χ0) is 32.2. The van der Waals surface area contributed by atoms with E-state index in [1.807, 2.05) is 6.92 Å². The van der Waals surface area contributed by atoms with Gasteiger partial charge in [-0.2, -0.15) is 26.3 Å². The van der Waals surface area contributed by atoms with Crippen molar-refractivity contribution in [2.75, 3.05) is 39.3 Å². The van der Waals surface area contributed by atoms with E-state index < -0.39 is 35.9 Å². The standard InChI is InChI=1S/C35H45F6N3O/c1-25-6-8-27(9-7-25)33(13-19-43-17-10-30(11-18-43)44-15-3-2-4-16-44)12-5-14-42-31(24-33)32(45)22-26-20-28(34(36,37)38)23-29(21-26)35(39,40)41/h6-9,20-21,23,30-31,42H,2-5,10-19,22,24H2,1H3. The predicted molar refractivity (Wildman–Crippen MR) is 163 cm³/mol. The van der Waals surface area contributed by atoms with Gasteiger partial charge in [0.1, 0.15) is 0 Å². The van der Waals surface area contributed by atoms with Crippen molar-refractivity contribution in [1.82, 2.24) is 15.1 Å². The fraction of sp³-hybridized carbons (Fsp3) is 0.629. The van der Waals surface area contributed by atoms with Crippen molar-refractivity contribution < 1.29 is 31.1 Å². The molecule has 2 unspecified atom stereocenters. The molecule has 0 spiro atoms. The number of Topliss-reactive ketones (excluding diaryl/α,β-unsaturated/α-hetero) is 1. The number of halogens is 6. The number of carbonyl (C=O) groups is 1. The number of ketones is 1. The van der Waals surface area contributed by atoms with Gasteiger partial charge in [0.25, 0.3) is 0 Å². The van der Waals surface area contributed by atoms with E-state index in [0.29, 0.717) is 31.1 Å². The van der Waals surface area contributed by atoms with Crippen LogP contribution < -0.4 is 5.32 Å². The molecule has 3 heterocycles. The first-order chi connectivity index (χ1) is 21.3. The smallest absolute Gasteiger partial charge is 0.307 e. The Morgan fingerprint density at radius 1 is 0.867 bits per heavy atom. The van der Waals surface area contributed by atoms with Crippen LogP contribution in [0, 0.1) is 6.92 Å². The van der Waals surface area contributed by atoms with Gasteiger partial charge in [0, 0.05) is 12.5 Å². The molecule has 4 nitrogen and oxygen atoms in total. The lowest BCUT2D eigenvalue weighted by Crippen LogP contribution is -2.48. The molecule has 5 rings (SSSR count). The second-order valence-electron chi connectivity index (χ2n) is 13.4. The summed E-state index contributed by atoms with van der Waals surface area (Å²) in [6.07, 6.45) is -1.28. The lowest BCUT2D eigenvalue weighted by molar-refractivity contribution is -0.143. The summed E-state index contributed by atoms with van der Waals surface area (Å²) in [5.74, 6) is -0.386. The maximum atomic E-state index is 13.7. The number of hydrogen-bond donors (Lipinski definition) is 1. The Kier molecular flexibility index (Phi) is 10.7. The minimum atomic E-state index is -4.96. The Balaban J connectivity index is 1.33. The van der Waals surface area contributed by atoms with E-state index in [1.165, 1.54) is 32.4 Å². The van der Waals surface area contributed by atoms with E-state index in [2.05, 4.69) is 39.4 Å². The van der Waals surface area contributed by atoms with Crippen molar-refractivity contribution >= 4 is 5.78 Å². The van der Waals surface area contributed by atoms with Crippen LogP contribution in [0.25, 0.3) is 0 Å². The number of likely N-dealkylation sites (tertiary alicyclic amines) is 2. The van der Waals surface area contributed by atoms with Gasteiger partial charge in [0.05, 0.1) is 17.2 Å². The van der Waals surface area contributed by atoms with Crippen LogP contribution in [-0.2, 0) is 29.0 Å². The van der Waals surface area contributed by atoms with E-state index in [0.717, 1.165) is 62.9 Å². The minimum absolute atomic E-state index is 0.107. The van der Waals surface area contributed by atoms with Crippen molar-refractivity contribution in [3.05, 3.63) is 70.3 Å². The minimum Gasteiger partial charge on any atom is -0.307 e. The number of carbonyl (C=O) groups excluding carboxylic acids is 1. The van der Waals surface area contributed by atoms with E-state index in [-0.39, 0.29) is 22.8 Å². The Morgan fingerprint density at radius 3 is 2.09 bits per heavy atom. The maximum absolute atomic E-state index is 13.7. The molecule has 0 saturated carbocycles. The SMILES string of the molecule is Cc1ccc(C2(CCN3CCC(N4CCCCC4)CC3)CCCNC(C(=O)Cc3cc(C(F)(F)F)cc(C(F)(F)F)c3)C2)cc1. The Labute approximate surface area is 262 Å². The van der Waals surface area contributed by atoms with Gasteiger partial charge in [-0.3, -0.25) is 4.79 Å². The molecular weight excluding hydrogens is 592 g/mol. The lowest BCUT2D eigenvalue weighted by atomic mass is 9.69. The molecule has 10 heteroatoms. The van der Waals surface area contributed by atoms with Crippen molar-refractivity contribution in [3.63, 3.8) is 0 Å². The number of hydrogen-bond acceptors (Lipinski definition) is 4. The van der Waals surface area contributed by atoms with Crippen molar-refractivity contribution in [3.8, 4) is 0 Å². The Hall–Kier alpha value is -2.43. The molecule has 0 aliphatic carbocycles. The van der Waals surface area contributed by atoms with Crippen molar-refractivity contribution in [1.29, 1.82) is 0 Å². The molecule has 0 amide bonds. The largest absolute Gasteiger partial charge is 0.416 e. The summed E-state index contributed by atoms with van der Waals surface area (Å²) in [4.78, 5) is 18.8. The highest BCUT2D eigenvalue weighted by Crippen LogP contribution is 2.41. The zero-order valence-corrected chi connectivity index (χ0v) is 26.1. The van der Waals surface area contributed by atoms with Gasteiger partial charge in [-0.15, -0.1) is 0 Å². The van der Waals surface area contributed by atoms with Gasteiger partial charge in [-0.05, 0) is 132 Å². The topological polar surface area (TPSA) is 35.6 Å². The molecule has 3 fully saturated rings. The molecule has 3 aliphatic heterocycles. The third-order valence-corrected chi connectivity index (χ3v) is 10.3.